The van der Waals surface area contributed by atoms with Crippen molar-refractivity contribution in [1.82, 2.24) is 4.31 Å². The van der Waals surface area contributed by atoms with Gasteiger partial charge in [-0.3, -0.25) is 9.52 Å². The van der Waals surface area contributed by atoms with Gasteiger partial charge in [0, 0.05) is 24.3 Å². The molecule has 1 aliphatic heterocycles. The third-order valence-electron chi connectivity index (χ3n) is 4.88. The lowest BCUT2D eigenvalue weighted by Gasteiger charge is -2.20. The average Bonchev–Trinajstić information content (AvgIpc) is 2.98. The molecule has 3 rings (SSSR count). The molecule has 0 atom stereocenters. The molecule has 2 aromatic rings. The summed E-state index contributed by atoms with van der Waals surface area (Å²) >= 11 is 0. The van der Waals surface area contributed by atoms with Crippen molar-refractivity contribution in [1.29, 1.82) is 0 Å². The van der Waals surface area contributed by atoms with Crippen molar-refractivity contribution in [2.75, 3.05) is 17.8 Å². The molecule has 0 amide bonds. The molecule has 1 fully saturated rings. The number of rotatable bonds is 6. The van der Waals surface area contributed by atoms with E-state index >= 15 is 0 Å². The normalized spacial score (nSPS) is 16.2. The Balaban J connectivity index is 1.76. The molecule has 9 heteroatoms. The van der Waals surface area contributed by atoms with Crippen LogP contribution in [0.4, 0.5) is 5.69 Å². The predicted octanol–water partition coefficient (Wildman–Crippen LogP) is 3.25. The zero-order chi connectivity index (χ0) is 21.1. The number of carbonyl (C=O) groups is 1. The van der Waals surface area contributed by atoms with Gasteiger partial charge in [-0.1, -0.05) is 25.0 Å². The zero-order valence-corrected chi connectivity index (χ0v) is 17.8. The monoisotopic (exact) mass is 436 g/mol. The van der Waals surface area contributed by atoms with Crippen molar-refractivity contribution < 1.29 is 21.6 Å². The highest BCUT2D eigenvalue weighted by Crippen LogP contribution is 2.23. The molecular formula is C20H24N2O5S2. The van der Waals surface area contributed by atoms with Gasteiger partial charge in [-0.2, -0.15) is 4.31 Å². The van der Waals surface area contributed by atoms with Crippen molar-refractivity contribution in [3.63, 3.8) is 0 Å². The molecule has 0 spiro atoms. The minimum atomic E-state index is -3.85. The number of benzene rings is 2. The second kappa shape index (κ2) is 8.64. The summed E-state index contributed by atoms with van der Waals surface area (Å²) < 4.78 is 54.6. The summed E-state index contributed by atoms with van der Waals surface area (Å²) in [7, 11) is -7.44. The second-order valence-electron chi connectivity index (χ2n) is 7.03. The van der Waals surface area contributed by atoms with Gasteiger partial charge in [0.25, 0.3) is 10.0 Å². The Hall–Kier alpha value is -2.23. The zero-order valence-electron chi connectivity index (χ0n) is 16.2. The van der Waals surface area contributed by atoms with Crippen molar-refractivity contribution in [2.45, 2.75) is 42.4 Å². The predicted molar refractivity (Wildman–Crippen MR) is 111 cm³/mol. The quantitative estimate of drug-likeness (QED) is 0.701. The molecule has 1 saturated heterocycles. The molecule has 1 heterocycles. The molecule has 0 bridgehead atoms. The summed E-state index contributed by atoms with van der Waals surface area (Å²) in [6.07, 6.45) is 3.75. The van der Waals surface area contributed by atoms with Crippen LogP contribution in [0.1, 0.15) is 43.0 Å². The molecule has 29 heavy (non-hydrogen) atoms. The van der Waals surface area contributed by atoms with E-state index in [0.717, 1.165) is 25.7 Å². The Morgan fingerprint density at radius 2 is 1.31 bits per heavy atom. The van der Waals surface area contributed by atoms with Crippen LogP contribution in [0.5, 0.6) is 0 Å². The Morgan fingerprint density at radius 3 is 1.83 bits per heavy atom. The smallest absolute Gasteiger partial charge is 0.261 e. The molecule has 2 aromatic carbocycles. The average molecular weight is 437 g/mol. The summed E-state index contributed by atoms with van der Waals surface area (Å²) in [6, 6.07) is 11.3. The van der Waals surface area contributed by atoms with Crippen LogP contribution in [-0.2, 0) is 20.0 Å². The summed E-state index contributed by atoms with van der Waals surface area (Å²) in [6.45, 7) is 2.42. The van der Waals surface area contributed by atoms with E-state index in [-0.39, 0.29) is 21.3 Å². The minimum absolute atomic E-state index is 0.0174. The van der Waals surface area contributed by atoms with Crippen molar-refractivity contribution >= 4 is 31.5 Å². The van der Waals surface area contributed by atoms with Crippen molar-refractivity contribution in [3.8, 4) is 0 Å². The van der Waals surface area contributed by atoms with E-state index in [0.29, 0.717) is 18.7 Å². The number of hydrogen-bond acceptors (Lipinski definition) is 5. The van der Waals surface area contributed by atoms with Crippen LogP contribution in [-0.4, -0.2) is 40.0 Å². The molecule has 0 saturated carbocycles. The highest BCUT2D eigenvalue weighted by atomic mass is 32.2. The molecular weight excluding hydrogens is 412 g/mol. The molecule has 0 unspecified atom stereocenters. The first-order valence-corrected chi connectivity index (χ1v) is 12.4. The first-order valence-electron chi connectivity index (χ1n) is 9.44. The molecule has 1 aliphatic rings. The number of carbonyl (C=O) groups excluding carboxylic acids is 1. The van der Waals surface area contributed by atoms with Gasteiger partial charge in [-0.05, 0) is 56.2 Å². The van der Waals surface area contributed by atoms with Crippen LogP contribution in [0.25, 0.3) is 0 Å². The Labute approximate surface area is 171 Å². The van der Waals surface area contributed by atoms with E-state index in [2.05, 4.69) is 4.72 Å². The van der Waals surface area contributed by atoms with Gasteiger partial charge in [0.15, 0.2) is 5.78 Å². The maximum absolute atomic E-state index is 12.8. The summed E-state index contributed by atoms with van der Waals surface area (Å²) in [5.74, 6) is -0.150. The van der Waals surface area contributed by atoms with Gasteiger partial charge in [-0.15, -0.1) is 0 Å². The maximum Gasteiger partial charge on any atom is 0.261 e. The van der Waals surface area contributed by atoms with Crippen LogP contribution in [0, 0.1) is 0 Å². The number of anilines is 1. The van der Waals surface area contributed by atoms with Crippen molar-refractivity contribution in [2.24, 2.45) is 0 Å². The van der Waals surface area contributed by atoms with E-state index in [4.69, 9.17) is 0 Å². The highest BCUT2D eigenvalue weighted by Gasteiger charge is 2.25. The maximum atomic E-state index is 12.8. The number of nitrogens with zero attached hydrogens (tertiary/aromatic N) is 1. The fourth-order valence-electron chi connectivity index (χ4n) is 3.21. The Bertz CT molecular complexity index is 1070. The van der Waals surface area contributed by atoms with E-state index in [9.17, 15) is 21.6 Å². The van der Waals surface area contributed by atoms with Gasteiger partial charge in [0.2, 0.25) is 10.0 Å². The number of nitrogens with one attached hydrogen (secondary N) is 1. The Kier molecular flexibility index (Phi) is 6.40. The SMILES string of the molecule is CC(=O)c1ccc(S(=O)(=O)Nc2ccc(S(=O)(=O)N3CCCCCC3)cc2)cc1. The third-order valence-corrected chi connectivity index (χ3v) is 8.19. The number of sulfonamides is 2. The lowest BCUT2D eigenvalue weighted by Crippen LogP contribution is -2.31. The van der Waals surface area contributed by atoms with Crippen LogP contribution in [0.2, 0.25) is 0 Å². The van der Waals surface area contributed by atoms with Gasteiger partial charge in [0.05, 0.1) is 9.79 Å². The van der Waals surface area contributed by atoms with E-state index in [1.54, 1.807) is 0 Å². The molecule has 156 valence electrons. The van der Waals surface area contributed by atoms with Gasteiger partial charge in [0.1, 0.15) is 0 Å². The van der Waals surface area contributed by atoms with Crippen LogP contribution in [0.3, 0.4) is 0 Å². The number of Topliss-reactive ketones (excluding diaryl/α,β-unsaturated/α-hetero) is 1. The molecule has 1 N–H and O–H groups in total. The van der Waals surface area contributed by atoms with E-state index < -0.39 is 20.0 Å². The standard InChI is InChI=1S/C20H24N2O5S2/c1-16(23)17-6-10-19(11-7-17)28(24,25)21-18-8-12-20(13-9-18)29(26,27)22-14-4-2-3-5-15-22/h6-13,21H,2-5,14-15H2,1H3. The van der Waals surface area contributed by atoms with Crippen molar-refractivity contribution in [3.05, 3.63) is 54.1 Å². The number of ketones is 1. The molecule has 0 aliphatic carbocycles. The summed E-state index contributed by atoms with van der Waals surface area (Å²) in [5, 5.41) is 0. The topological polar surface area (TPSA) is 101 Å². The lowest BCUT2D eigenvalue weighted by molar-refractivity contribution is 0.101. The van der Waals surface area contributed by atoms with Crippen LogP contribution < -0.4 is 4.72 Å². The molecule has 7 nitrogen and oxygen atoms in total. The van der Waals surface area contributed by atoms with Gasteiger partial charge >= 0.3 is 0 Å². The Morgan fingerprint density at radius 1 is 0.793 bits per heavy atom. The van der Waals surface area contributed by atoms with Crippen LogP contribution in [0.15, 0.2) is 58.3 Å². The molecule has 0 aromatic heterocycles. The largest absolute Gasteiger partial charge is 0.295 e. The fraction of sp³-hybridized carbons (Fsp3) is 0.350. The summed E-state index contributed by atoms with van der Waals surface area (Å²) in [4.78, 5) is 11.5. The first kappa shape index (κ1) is 21.5. The first-order chi connectivity index (χ1) is 13.7. The van der Waals surface area contributed by atoms with Gasteiger partial charge < -0.3 is 0 Å². The van der Waals surface area contributed by atoms with Crippen LogP contribution >= 0.6 is 0 Å². The van der Waals surface area contributed by atoms with E-state index in [1.165, 1.54) is 59.8 Å². The minimum Gasteiger partial charge on any atom is -0.295 e. The number of hydrogen-bond donors (Lipinski definition) is 1. The van der Waals surface area contributed by atoms with Gasteiger partial charge in [-0.25, -0.2) is 16.8 Å². The fourth-order valence-corrected chi connectivity index (χ4v) is 5.78. The second-order valence-corrected chi connectivity index (χ2v) is 10.6. The highest BCUT2D eigenvalue weighted by molar-refractivity contribution is 7.92. The molecule has 0 radical (unpaired) electrons. The summed E-state index contributed by atoms with van der Waals surface area (Å²) in [5.41, 5.74) is 0.683. The van der Waals surface area contributed by atoms with E-state index in [1.807, 2.05) is 0 Å². The third kappa shape index (κ3) is 5.04. The lowest BCUT2D eigenvalue weighted by atomic mass is 10.2.